The van der Waals surface area contributed by atoms with Crippen LogP contribution in [0.3, 0.4) is 0 Å². The molecule has 0 spiro atoms. The van der Waals surface area contributed by atoms with E-state index in [0.717, 1.165) is 12.0 Å². The number of aryl methyl sites for hydroxylation is 1. The molecule has 0 unspecified atom stereocenters. The molecule has 4 nitrogen and oxygen atoms in total. The Morgan fingerprint density at radius 1 is 1.17 bits per heavy atom. The molecule has 1 N–H and O–H groups in total. The fraction of sp³-hybridized carbons (Fsp3) is 0.368. The Morgan fingerprint density at radius 3 is 2.46 bits per heavy atom. The minimum absolute atomic E-state index is 0.0532. The average Bonchev–Trinajstić information content (AvgIpc) is 2.55. The van der Waals surface area contributed by atoms with E-state index in [1.54, 1.807) is 12.3 Å². The van der Waals surface area contributed by atoms with E-state index in [4.69, 9.17) is 0 Å². The van der Waals surface area contributed by atoms with Crippen molar-refractivity contribution in [1.29, 1.82) is 0 Å². The summed E-state index contributed by atoms with van der Waals surface area (Å²) >= 11 is 0. The second-order valence-corrected chi connectivity index (χ2v) is 7.56. The minimum atomic E-state index is -1.40. The molecule has 24 heavy (non-hydrogen) atoms. The standard InChI is InChI=1S/C19H24N2O2S/c1-14(2)17-7-5-16(6-8-17)10-11-20-18(22)13-24(23)19-9-4-15(3)12-21-19/h4-9,12,14H,10-11,13H2,1-3H3,(H,20,22)/t24-/m1/s1. The highest BCUT2D eigenvalue weighted by Gasteiger charge is 2.11. The van der Waals surface area contributed by atoms with E-state index in [1.165, 1.54) is 11.1 Å². The fourth-order valence-electron chi connectivity index (χ4n) is 2.25. The molecular weight excluding hydrogens is 320 g/mol. The van der Waals surface area contributed by atoms with Gasteiger partial charge in [-0.15, -0.1) is 0 Å². The number of hydrogen-bond donors (Lipinski definition) is 1. The smallest absolute Gasteiger partial charge is 0.233 e. The van der Waals surface area contributed by atoms with Gasteiger partial charge in [-0.05, 0) is 42.0 Å². The van der Waals surface area contributed by atoms with Crippen LogP contribution in [0, 0.1) is 6.92 Å². The molecule has 0 aliphatic heterocycles. The topological polar surface area (TPSA) is 59.1 Å². The lowest BCUT2D eigenvalue weighted by atomic mass is 10.0. The lowest BCUT2D eigenvalue weighted by molar-refractivity contribution is -0.118. The van der Waals surface area contributed by atoms with Crippen LogP contribution in [0.25, 0.3) is 0 Å². The Labute approximate surface area is 146 Å². The van der Waals surface area contributed by atoms with Crippen molar-refractivity contribution in [3.63, 3.8) is 0 Å². The number of rotatable bonds is 7. The molecule has 1 amide bonds. The van der Waals surface area contributed by atoms with Gasteiger partial charge in [-0.1, -0.05) is 44.2 Å². The summed E-state index contributed by atoms with van der Waals surface area (Å²) in [6.45, 7) is 6.79. The van der Waals surface area contributed by atoms with Gasteiger partial charge in [0, 0.05) is 12.7 Å². The zero-order valence-corrected chi connectivity index (χ0v) is 15.2. The van der Waals surface area contributed by atoms with Crippen LogP contribution >= 0.6 is 0 Å². The molecule has 1 atom stereocenters. The van der Waals surface area contributed by atoms with Gasteiger partial charge in [0.05, 0.1) is 10.8 Å². The molecule has 1 aromatic heterocycles. The van der Waals surface area contributed by atoms with Gasteiger partial charge >= 0.3 is 0 Å². The highest BCUT2D eigenvalue weighted by Crippen LogP contribution is 2.14. The average molecular weight is 344 g/mol. The number of nitrogens with one attached hydrogen (secondary N) is 1. The Kier molecular flexibility index (Phi) is 6.67. The van der Waals surface area contributed by atoms with Crippen molar-refractivity contribution in [2.45, 2.75) is 38.1 Å². The molecule has 0 saturated carbocycles. The van der Waals surface area contributed by atoms with Gasteiger partial charge in [-0.3, -0.25) is 9.00 Å². The maximum absolute atomic E-state index is 12.1. The first-order valence-electron chi connectivity index (χ1n) is 8.12. The van der Waals surface area contributed by atoms with Crippen LogP contribution < -0.4 is 5.32 Å². The lowest BCUT2D eigenvalue weighted by Crippen LogP contribution is -2.30. The molecule has 0 radical (unpaired) electrons. The van der Waals surface area contributed by atoms with Crippen LogP contribution in [0.4, 0.5) is 0 Å². The van der Waals surface area contributed by atoms with Crippen molar-refractivity contribution in [2.24, 2.45) is 0 Å². The molecule has 0 aliphatic rings. The molecule has 2 rings (SSSR count). The second-order valence-electron chi connectivity index (χ2n) is 6.16. The third kappa shape index (κ3) is 5.57. The normalized spacial score (nSPS) is 12.2. The van der Waals surface area contributed by atoms with E-state index in [1.807, 2.05) is 13.0 Å². The van der Waals surface area contributed by atoms with E-state index in [-0.39, 0.29) is 11.7 Å². The molecule has 2 aromatic rings. The van der Waals surface area contributed by atoms with E-state index >= 15 is 0 Å². The van der Waals surface area contributed by atoms with Crippen LogP contribution in [0.1, 0.15) is 36.5 Å². The van der Waals surface area contributed by atoms with Crippen LogP contribution in [0.15, 0.2) is 47.6 Å². The summed E-state index contributed by atoms with van der Waals surface area (Å²) in [5.41, 5.74) is 3.49. The number of amides is 1. The number of hydrogen-bond acceptors (Lipinski definition) is 3. The highest BCUT2D eigenvalue weighted by atomic mass is 32.2. The first-order chi connectivity index (χ1) is 11.5. The van der Waals surface area contributed by atoms with Gasteiger partial charge in [-0.2, -0.15) is 0 Å². The molecule has 1 aromatic carbocycles. The zero-order valence-electron chi connectivity index (χ0n) is 14.4. The molecule has 0 saturated heterocycles. The number of pyridine rings is 1. The van der Waals surface area contributed by atoms with Gasteiger partial charge in [0.25, 0.3) is 0 Å². The van der Waals surface area contributed by atoms with Gasteiger partial charge in [0.15, 0.2) is 0 Å². The Hall–Kier alpha value is -2.01. The monoisotopic (exact) mass is 344 g/mol. The first kappa shape index (κ1) is 18.3. The maximum Gasteiger partial charge on any atom is 0.233 e. The summed E-state index contributed by atoms with van der Waals surface area (Å²) in [5.74, 6) is 0.251. The van der Waals surface area contributed by atoms with E-state index < -0.39 is 10.8 Å². The van der Waals surface area contributed by atoms with Crippen LogP contribution in [-0.2, 0) is 22.0 Å². The van der Waals surface area contributed by atoms with E-state index in [2.05, 4.69) is 48.4 Å². The van der Waals surface area contributed by atoms with Crippen molar-refractivity contribution in [1.82, 2.24) is 10.3 Å². The second kappa shape index (κ2) is 8.73. The Bertz CT molecular complexity index is 694. The summed E-state index contributed by atoms with van der Waals surface area (Å²) in [7, 11) is -1.40. The Balaban J connectivity index is 1.76. The Morgan fingerprint density at radius 2 is 1.88 bits per heavy atom. The number of benzene rings is 1. The van der Waals surface area contributed by atoms with Crippen molar-refractivity contribution in [2.75, 3.05) is 12.3 Å². The molecule has 0 fully saturated rings. The number of nitrogens with zero attached hydrogens (tertiary/aromatic N) is 1. The van der Waals surface area contributed by atoms with E-state index in [9.17, 15) is 9.00 Å². The van der Waals surface area contributed by atoms with Gasteiger partial charge < -0.3 is 5.32 Å². The molecule has 0 aliphatic carbocycles. The molecule has 1 heterocycles. The zero-order chi connectivity index (χ0) is 17.5. The van der Waals surface area contributed by atoms with E-state index in [0.29, 0.717) is 17.5 Å². The molecule has 5 heteroatoms. The van der Waals surface area contributed by atoms with Gasteiger partial charge in [-0.25, -0.2) is 4.98 Å². The third-order valence-corrected chi connectivity index (χ3v) is 4.99. The lowest BCUT2D eigenvalue weighted by Gasteiger charge is -2.08. The summed E-state index contributed by atoms with van der Waals surface area (Å²) in [6, 6.07) is 12.0. The maximum atomic E-state index is 12.1. The molecule has 0 bridgehead atoms. The van der Waals surface area contributed by atoms with Crippen molar-refractivity contribution in [3.8, 4) is 0 Å². The molecule has 128 valence electrons. The largest absolute Gasteiger partial charge is 0.355 e. The van der Waals surface area contributed by atoms with Crippen molar-refractivity contribution < 1.29 is 9.00 Å². The van der Waals surface area contributed by atoms with Crippen LogP contribution in [0.5, 0.6) is 0 Å². The van der Waals surface area contributed by atoms with Crippen molar-refractivity contribution >= 4 is 16.7 Å². The van der Waals surface area contributed by atoms with Crippen LogP contribution in [-0.4, -0.2) is 27.4 Å². The van der Waals surface area contributed by atoms with Crippen LogP contribution in [0.2, 0.25) is 0 Å². The fourth-order valence-corrected chi connectivity index (χ4v) is 3.13. The third-order valence-electron chi connectivity index (χ3n) is 3.76. The van der Waals surface area contributed by atoms with Crippen molar-refractivity contribution in [3.05, 3.63) is 59.3 Å². The summed E-state index contributed by atoms with van der Waals surface area (Å²) in [6.07, 6.45) is 2.42. The molecular formula is C19H24N2O2S. The predicted molar refractivity (Wildman–Crippen MR) is 97.5 cm³/mol. The highest BCUT2D eigenvalue weighted by molar-refractivity contribution is 7.85. The van der Waals surface area contributed by atoms with Gasteiger partial charge in [0.1, 0.15) is 10.8 Å². The first-order valence-corrected chi connectivity index (χ1v) is 9.44. The minimum Gasteiger partial charge on any atom is -0.355 e. The summed E-state index contributed by atoms with van der Waals surface area (Å²) in [4.78, 5) is 16.0. The predicted octanol–water partition coefficient (Wildman–Crippen LogP) is 2.98. The summed E-state index contributed by atoms with van der Waals surface area (Å²) < 4.78 is 12.1. The quantitative estimate of drug-likeness (QED) is 0.840. The SMILES string of the molecule is Cc1ccc([S@](=O)CC(=O)NCCc2ccc(C(C)C)cc2)nc1. The van der Waals surface area contributed by atoms with Gasteiger partial charge in [0.2, 0.25) is 5.91 Å². The number of carbonyl (C=O) groups excluding carboxylic acids is 1. The number of carbonyl (C=O) groups is 1. The summed E-state index contributed by atoms with van der Waals surface area (Å²) in [5, 5.41) is 3.27. The number of aromatic nitrogens is 1.